The van der Waals surface area contributed by atoms with Gasteiger partial charge in [-0.05, 0) is 42.5 Å². The molecule has 1 unspecified atom stereocenters. The normalized spacial score (nSPS) is 11.7. The fourth-order valence-electron chi connectivity index (χ4n) is 2.70. The van der Waals surface area contributed by atoms with Crippen LogP contribution in [-0.4, -0.2) is 29.7 Å². The molecule has 7 nitrogen and oxygen atoms in total. The molecule has 1 atom stereocenters. The zero-order valence-electron chi connectivity index (χ0n) is 15.9. The Kier molecular flexibility index (Phi) is 6.12. The number of carbonyl (C=O) groups is 1. The van der Waals surface area contributed by atoms with Gasteiger partial charge in [-0.15, -0.1) is 0 Å². The summed E-state index contributed by atoms with van der Waals surface area (Å²) >= 11 is 0. The van der Waals surface area contributed by atoms with E-state index >= 15 is 0 Å². The lowest BCUT2D eigenvalue weighted by Gasteiger charge is -2.12. The van der Waals surface area contributed by atoms with Crippen molar-refractivity contribution in [3.63, 3.8) is 0 Å². The number of hydrogen-bond acceptors (Lipinski definition) is 6. The number of nitrogens with two attached hydrogens (primary N) is 1. The van der Waals surface area contributed by atoms with E-state index in [1.807, 2.05) is 0 Å². The number of benzene rings is 2. The maximum atomic E-state index is 14.3. The van der Waals surface area contributed by atoms with E-state index in [0.29, 0.717) is 11.3 Å². The summed E-state index contributed by atoms with van der Waals surface area (Å²) in [5.41, 5.74) is 4.81. The zero-order chi connectivity index (χ0) is 21.8. The van der Waals surface area contributed by atoms with Crippen molar-refractivity contribution >= 4 is 12.0 Å². The molecule has 3 rings (SSSR count). The summed E-state index contributed by atoms with van der Waals surface area (Å²) in [7, 11) is 1.54. The van der Waals surface area contributed by atoms with Gasteiger partial charge in [-0.2, -0.15) is 0 Å². The molecule has 1 amide bonds. The predicted octanol–water partition coefficient (Wildman–Crippen LogP) is 3.48. The first kappa shape index (κ1) is 21.0. The molecule has 0 saturated heterocycles. The number of aliphatic hydroxyl groups is 1. The summed E-state index contributed by atoms with van der Waals surface area (Å²) in [5.74, 6) is -2.99. The van der Waals surface area contributed by atoms with Crippen LogP contribution in [0.2, 0.25) is 0 Å². The van der Waals surface area contributed by atoms with Gasteiger partial charge in [-0.3, -0.25) is 4.79 Å². The smallest absolute Gasteiger partial charge is 0.254 e. The molecule has 2 aromatic carbocycles. The maximum absolute atomic E-state index is 14.3. The van der Waals surface area contributed by atoms with Crippen LogP contribution in [-0.2, 0) is 0 Å². The van der Waals surface area contributed by atoms with Crippen LogP contribution in [0.5, 0.6) is 11.5 Å². The van der Waals surface area contributed by atoms with Gasteiger partial charge in [0.05, 0.1) is 7.11 Å². The lowest BCUT2D eigenvalue weighted by molar-refractivity contribution is 0.0976. The second-order valence-electron chi connectivity index (χ2n) is 6.13. The topological polar surface area (TPSA) is 108 Å². The van der Waals surface area contributed by atoms with E-state index in [9.17, 15) is 18.7 Å². The van der Waals surface area contributed by atoms with Crippen LogP contribution in [0, 0.1) is 11.6 Å². The average molecular weight is 416 g/mol. The number of halogens is 2. The molecule has 3 N–H and O–H groups in total. The molecule has 0 fully saturated rings. The molecule has 9 heteroatoms. The summed E-state index contributed by atoms with van der Waals surface area (Å²) in [4.78, 5) is 15.5. The monoisotopic (exact) mass is 416 g/mol. The number of primary amides is 1. The minimum absolute atomic E-state index is 0.119. The van der Waals surface area contributed by atoms with Crippen molar-refractivity contribution in [2.24, 2.45) is 5.73 Å². The molecular formula is C21H18F2N2O5. The first-order valence-electron chi connectivity index (χ1n) is 8.72. The highest BCUT2D eigenvalue weighted by Gasteiger charge is 2.23. The molecule has 0 bridgehead atoms. The van der Waals surface area contributed by atoms with Crippen molar-refractivity contribution < 1.29 is 32.6 Å². The van der Waals surface area contributed by atoms with E-state index in [1.54, 1.807) is 31.4 Å². The molecule has 0 radical (unpaired) electrons. The van der Waals surface area contributed by atoms with Crippen LogP contribution in [0.1, 0.15) is 27.9 Å². The van der Waals surface area contributed by atoms with Gasteiger partial charge in [-0.25, -0.2) is 13.8 Å². The molecular weight excluding hydrogens is 398 g/mol. The fraction of sp³-hybridized carbons (Fsp3) is 0.143. The van der Waals surface area contributed by atoms with Gasteiger partial charge in [0.15, 0.2) is 17.3 Å². The summed E-state index contributed by atoms with van der Waals surface area (Å²) in [6.07, 6.45) is 0.0395. The molecule has 3 aromatic rings. The molecule has 1 heterocycles. The molecule has 0 saturated carbocycles. The fourth-order valence-corrected chi connectivity index (χ4v) is 2.70. The van der Waals surface area contributed by atoms with E-state index in [2.05, 4.69) is 11.6 Å². The van der Waals surface area contributed by atoms with Crippen LogP contribution in [0.15, 0.2) is 47.4 Å². The van der Waals surface area contributed by atoms with E-state index in [0.717, 1.165) is 12.1 Å². The van der Waals surface area contributed by atoms with Crippen molar-refractivity contribution in [1.82, 2.24) is 4.98 Å². The third-order valence-electron chi connectivity index (χ3n) is 4.22. The zero-order valence-corrected chi connectivity index (χ0v) is 15.9. The van der Waals surface area contributed by atoms with E-state index in [4.69, 9.17) is 19.6 Å². The molecule has 1 aromatic heterocycles. The third-order valence-corrected chi connectivity index (χ3v) is 4.22. The average Bonchev–Trinajstić information content (AvgIpc) is 3.17. The Balaban J connectivity index is 1.81. The van der Waals surface area contributed by atoms with E-state index < -0.39 is 41.6 Å². The number of oxazole rings is 1. The highest BCUT2D eigenvalue weighted by atomic mass is 19.1. The first-order valence-corrected chi connectivity index (χ1v) is 8.72. The number of methoxy groups -OCH3 is 1. The number of hydrogen-bond donors (Lipinski definition) is 2. The van der Waals surface area contributed by atoms with Crippen LogP contribution in [0.3, 0.4) is 0 Å². The van der Waals surface area contributed by atoms with Crippen molar-refractivity contribution in [3.05, 3.63) is 71.6 Å². The van der Waals surface area contributed by atoms with Crippen LogP contribution >= 0.6 is 0 Å². The quantitative estimate of drug-likeness (QED) is 0.582. The van der Waals surface area contributed by atoms with Crippen molar-refractivity contribution in [3.8, 4) is 23.0 Å². The second kappa shape index (κ2) is 8.75. The molecule has 0 aliphatic heterocycles. The Morgan fingerprint density at radius 3 is 2.60 bits per heavy atom. The SMILES string of the molecule is C=Cc1oc(-c2ccc(OC)cc2)nc1C(O)COc1ccc(F)c(C(N)=O)c1F. The Morgan fingerprint density at radius 1 is 1.30 bits per heavy atom. The molecule has 0 aliphatic rings. The molecule has 30 heavy (non-hydrogen) atoms. The van der Waals surface area contributed by atoms with Crippen LogP contribution in [0.25, 0.3) is 17.5 Å². The summed E-state index contributed by atoms with van der Waals surface area (Å²) in [6.45, 7) is 3.17. The Labute approximate surface area is 170 Å². The minimum atomic E-state index is -1.32. The van der Waals surface area contributed by atoms with Gasteiger partial charge < -0.3 is 24.7 Å². The van der Waals surface area contributed by atoms with Crippen molar-refractivity contribution in [2.45, 2.75) is 6.10 Å². The maximum Gasteiger partial charge on any atom is 0.254 e. The second-order valence-corrected chi connectivity index (χ2v) is 6.13. The molecule has 0 spiro atoms. The number of nitrogens with zero attached hydrogens (tertiary/aromatic N) is 1. The van der Waals surface area contributed by atoms with Gasteiger partial charge in [0.2, 0.25) is 5.89 Å². The molecule has 0 aliphatic carbocycles. The lowest BCUT2D eigenvalue weighted by atomic mass is 10.1. The molecule has 156 valence electrons. The lowest BCUT2D eigenvalue weighted by Crippen LogP contribution is -2.17. The van der Waals surface area contributed by atoms with Crippen molar-refractivity contribution in [2.75, 3.05) is 13.7 Å². The minimum Gasteiger partial charge on any atom is -0.497 e. The van der Waals surface area contributed by atoms with Crippen LogP contribution in [0.4, 0.5) is 8.78 Å². The summed E-state index contributed by atoms with van der Waals surface area (Å²) in [5, 5.41) is 10.5. The highest BCUT2D eigenvalue weighted by Crippen LogP contribution is 2.29. The highest BCUT2D eigenvalue weighted by molar-refractivity contribution is 5.93. The Bertz CT molecular complexity index is 1080. The standard InChI is InChI=1S/C21H18F2N2O5/c1-3-15-19(25-21(30-15)11-4-6-12(28-2)7-5-11)14(26)10-29-16-9-8-13(22)17(18(16)23)20(24)27/h3-9,14,26H,1,10H2,2H3,(H2,24,27). The summed E-state index contributed by atoms with van der Waals surface area (Å²) in [6, 6.07) is 8.73. The number of carbonyl (C=O) groups excluding carboxylic acids is 1. The van der Waals surface area contributed by atoms with Crippen molar-refractivity contribution in [1.29, 1.82) is 0 Å². The predicted molar refractivity (Wildman–Crippen MR) is 104 cm³/mol. The Morgan fingerprint density at radius 2 is 2.00 bits per heavy atom. The summed E-state index contributed by atoms with van der Waals surface area (Å²) < 4.78 is 43.8. The number of ether oxygens (including phenoxy) is 2. The largest absolute Gasteiger partial charge is 0.497 e. The van der Waals surface area contributed by atoms with Gasteiger partial charge in [0, 0.05) is 5.56 Å². The van der Waals surface area contributed by atoms with Crippen LogP contribution < -0.4 is 15.2 Å². The number of rotatable bonds is 8. The number of aromatic nitrogens is 1. The third kappa shape index (κ3) is 4.15. The first-order chi connectivity index (χ1) is 14.3. The van der Waals surface area contributed by atoms with E-state index in [1.165, 1.54) is 6.08 Å². The van der Waals surface area contributed by atoms with E-state index in [-0.39, 0.29) is 17.3 Å². The Hall–Kier alpha value is -3.72. The van der Waals surface area contributed by atoms with Gasteiger partial charge in [0.25, 0.3) is 5.91 Å². The van der Waals surface area contributed by atoms with Gasteiger partial charge >= 0.3 is 0 Å². The number of aliphatic hydroxyl groups excluding tert-OH is 1. The van der Waals surface area contributed by atoms with Gasteiger partial charge in [-0.1, -0.05) is 6.58 Å². The number of amides is 1. The van der Waals surface area contributed by atoms with Gasteiger partial charge in [0.1, 0.15) is 35.5 Å².